The first-order chi connectivity index (χ1) is 12.8. The van der Waals surface area contributed by atoms with E-state index < -0.39 is 15.9 Å². The molecule has 0 unspecified atom stereocenters. The van der Waals surface area contributed by atoms with Crippen molar-refractivity contribution < 1.29 is 13.2 Å². The van der Waals surface area contributed by atoms with Crippen molar-refractivity contribution in [3.8, 4) is 0 Å². The average molecular weight is 381 g/mol. The number of aromatic nitrogens is 1. The molecule has 0 saturated heterocycles. The van der Waals surface area contributed by atoms with Crippen molar-refractivity contribution in [3.63, 3.8) is 0 Å². The van der Waals surface area contributed by atoms with Crippen LogP contribution in [0.25, 0.3) is 0 Å². The first-order valence-electron chi connectivity index (χ1n) is 8.27. The Hall–Kier alpha value is -3.19. The number of nitrogens with one attached hydrogen (secondary N) is 2. The van der Waals surface area contributed by atoms with Crippen LogP contribution >= 0.6 is 0 Å². The SMILES string of the molecule is Cc1cccc(NS(=O)(=O)c2ccc(C)c(C(=O)Nc3cccnc3)c2)c1. The maximum Gasteiger partial charge on any atom is 0.261 e. The Balaban J connectivity index is 1.89. The number of carbonyl (C=O) groups is 1. The standard InChI is InChI=1S/C20H19N3O3S/c1-14-5-3-6-16(11-14)23-27(25,26)18-9-8-15(2)19(12-18)20(24)22-17-7-4-10-21-13-17/h3-13,23H,1-2H3,(H,22,24). The summed E-state index contributed by atoms with van der Waals surface area (Å²) in [4.78, 5) is 16.5. The van der Waals surface area contributed by atoms with Crippen molar-refractivity contribution >= 4 is 27.3 Å². The van der Waals surface area contributed by atoms with Crippen LogP contribution in [0.15, 0.2) is 71.9 Å². The number of amides is 1. The Morgan fingerprint density at radius 1 is 0.963 bits per heavy atom. The molecule has 7 heteroatoms. The first kappa shape index (κ1) is 18.6. The lowest BCUT2D eigenvalue weighted by Crippen LogP contribution is -2.17. The van der Waals surface area contributed by atoms with Gasteiger partial charge in [0, 0.05) is 17.4 Å². The van der Waals surface area contributed by atoms with Gasteiger partial charge in [-0.1, -0.05) is 18.2 Å². The van der Waals surface area contributed by atoms with Gasteiger partial charge in [-0.05, 0) is 61.4 Å². The largest absolute Gasteiger partial charge is 0.321 e. The maximum atomic E-state index is 12.7. The second-order valence-corrected chi connectivity index (χ2v) is 7.83. The summed E-state index contributed by atoms with van der Waals surface area (Å²) in [6, 6.07) is 14.9. The monoisotopic (exact) mass is 381 g/mol. The molecule has 3 aromatic rings. The fourth-order valence-electron chi connectivity index (χ4n) is 2.57. The third-order valence-electron chi connectivity index (χ3n) is 3.95. The molecule has 0 fully saturated rings. The van der Waals surface area contributed by atoms with E-state index >= 15 is 0 Å². The molecular weight excluding hydrogens is 362 g/mol. The van der Waals surface area contributed by atoms with E-state index in [1.807, 2.05) is 13.0 Å². The minimum absolute atomic E-state index is 0.0194. The summed E-state index contributed by atoms with van der Waals surface area (Å²) in [6.45, 7) is 3.63. The highest BCUT2D eigenvalue weighted by atomic mass is 32.2. The van der Waals surface area contributed by atoms with Gasteiger partial charge in [0.05, 0.1) is 16.8 Å². The summed E-state index contributed by atoms with van der Waals surface area (Å²) in [7, 11) is -3.82. The molecule has 2 aromatic carbocycles. The van der Waals surface area contributed by atoms with Crippen LogP contribution in [0.5, 0.6) is 0 Å². The molecule has 0 aliphatic rings. The Morgan fingerprint density at radius 2 is 1.74 bits per heavy atom. The predicted octanol–water partition coefficient (Wildman–Crippen LogP) is 3.75. The topological polar surface area (TPSA) is 88.2 Å². The number of carbonyl (C=O) groups excluding carboxylic acids is 1. The number of anilines is 2. The Morgan fingerprint density at radius 3 is 2.44 bits per heavy atom. The van der Waals surface area contributed by atoms with Crippen molar-refractivity contribution in [2.75, 3.05) is 10.0 Å². The van der Waals surface area contributed by atoms with E-state index in [4.69, 9.17) is 0 Å². The number of nitrogens with zero attached hydrogens (tertiary/aromatic N) is 1. The van der Waals surface area contributed by atoms with Gasteiger partial charge in [-0.25, -0.2) is 8.42 Å². The lowest BCUT2D eigenvalue weighted by Gasteiger charge is -2.12. The summed E-state index contributed by atoms with van der Waals surface area (Å²) in [6.07, 6.45) is 3.12. The summed E-state index contributed by atoms with van der Waals surface area (Å²) in [5.74, 6) is -0.395. The van der Waals surface area contributed by atoms with Gasteiger partial charge in [-0.3, -0.25) is 14.5 Å². The van der Waals surface area contributed by atoms with E-state index in [0.717, 1.165) is 5.56 Å². The van der Waals surface area contributed by atoms with Gasteiger partial charge in [0.25, 0.3) is 15.9 Å². The second-order valence-electron chi connectivity index (χ2n) is 6.15. The van der Waals surface area contributed by atoms with Crippen LogP contribution in [0.4, 0.5) is 11.4 Å². The van der Waals surface area contributed by atoms with E-state index in [1.165, 1.54) is 18.3 Å². The van der Waals surface area contributed by atoms with Crippen molar-refractivity contribution in [1.82, 2.24) is 4.98 Å². The molecule has 0 atom stereocenters. The number of hydrogen-bond donors (Lipinski definition) is 2. The van der Waals surface area contributed by atoms with Crippen LogP contribution in [0.3, 0.4) is 0 Å². The second kappa shape index (κ2) is 7.59. The summed E-state index contributed by atoms with van der Waals surface area (Å²) in [5.41, 5.74) is 2.90. The maximum absolute atomic E-state index is 12.7. The lowest BCUT2D eigenvalue weighted by atomic mass is 10.1. The summed E-state index contributed by atoms with van der Waals surface area (Å²) in [5, 5.41) is 2.72. The van der Waals surface area contributed by atoms with Crippen molar-refractivity contribution in [2.45, 2.75) is 18.7 Å². The number of aryl methyl sites for hydroxylation is 2. The van der Waals surface area contributed by atoms with E-state index in [2.05, 4.69) is 15.0 Å². The third kappa shape index (κ3) is 4.51. The lowest BCUT2D eigenvalue weighted by molar-refractivity contribution is 0.102. The van der Waals surface area contributed by atoms with Gasteiger partial charge in [0.2, 0.25) is 0 Å². The van der Waals surface area contributed by atoms with Crippen LogP contribution in [-0.2, 0) is 10.0 Å². The smallest absolute Gasteiger partial charge is 0.261 e. The molecule has 0 aliphatic heterocycles. The minimum Gasteiger partial charge on any atom is -0.321 e. The number of rotatable bonds is 5. The Kier molecular flexibility index (Phi) is 5.23. The zero-order valence-electron chi connectivity index (χ0n) is 14.9. The highest BCUT2D eigenvalue weighted by Gasteiger charge is 2.18. The number of hydrogen-bond acceptors (Lipinski definition) is 4. The van der Waals surface area contributed by atoms with Crippen LogP contribution in [0.1, 0.15) is 21.5 Å². The fourth-order valence-corrected chi connectivity index (χ4v) is 3.65. The molecule has 0 bridgehead atoms. The van der Waals surface area contributed by atoms with Crippen LogP contribution < -0.4 is 10.0 Å². The summed E-state index contributed by atoms with van der Waals surface area (Å²) < 4.78 is 28.0. The molecule has 1 aromatic heterocycles. The van der Waals surface area contributed by atoms with Crippen molar-refractivity contribution in [3.05, 3.63) is 83.7 Å². The zero-order valence-corrected chi connectivity index (χ0v) is 15.7. The highest BCUT2D eigenvalue weighted by molar-refractivity contribution is 7.92. The van der Waals surface area contributed by atoms with E-state index in [1.54, 1.807) is 49.5 Å². The van der Waals surface area contributed by atoms with Gasteiger partial charge in [0.15, 0.2) is 0 Å². The van der Waals surface area contributed by atoms with E-state index in [0.29, 0.717) is 16.9 Å². The molecule has 27 heavy (non-hydrogen) atoms. The predicted molar refractivity (Wildman–Crippen MR) is 105 cm³/mol. The third-order valence-corrected chi connectivity index (χ3v) is 5.33. The normalized spacial score (nSPS) is 11.0. The minimum atomic E-state index is -3.82. The molecular formula is C20H19N3O3S. The first-order valence-corrected chi connectivity index (χ1v) is 9.75. The Labute approximate surface area is 158 Å². The molecule has 3 rings (SSSR count). The molecule has 0 saturated carbocycles. The van der Waals surface area contributed by atoms with Gasteiger partial charge in [-0.2, -0.15) is 0 Å². The zero-order chi connectivity index (χ0) is 19.4. The molecule has 0 radical (unpaired) electrons. The van der Waals surface area contributed by atoms with Crippen LogP contribution in [-0.4, -0.2) is 19.3 Å². The number of benzene rings is 2. The molecule has 0 spiro atoms. The van der Waals surface area contributed by atoms with Gasteiger partial charge < -0.3 is 5.32 Å². The van der Waals surface area contributed by atoms with Crippen molar-refractivity contribution in [1.29, 1.82) is 0 Å². The van der Waals surface area contributed by atoms with Crippen LogP contribution in [0.2, 0.25) is 0 Å². The van der Waals surface area contributed by atoms with Crippen molar-refractivity contribution in [2.24, 2.45) is 0 Å². The Bertz CT molecular complexity index is 1080. The fraction of sp³-hybridized carbons (Fsp3) is 0.100. The highest BCUT2D eigenvalue weighted by Crippen LogP contribution is 2.21. The number of pyridine rings is 1. The van der Waals surface area contributed by atoms with Gasteiger partial charge in [-0.15, -0.1) is 0 Å². The summed E-state index contributed by atoms with van der Waals surface area (Å²) >= 11 is 0. The van der Waals surface area contributed by atoms with Gasteiger partial charge >= 0.3 is 0 Å². The van der Waals surface area contributed by atoms with Gasteiger partial charge in [0.1, 0.15) is 0 Å². The molecule has 2 N–H and O–H groups in total. The molecule has 6 nitrogen and oxygen atoms in total. The molecule has 138 valence electrons. The molecule has 1 heterocycles. The molecule has 1 amide bonds. The quantitative estimate of drug-likeness (QED) is 0.704. The van der Waals surface area contributed by atoms with E-state index in [9.17, 15) is 13.2 Å². The molecule has 0 aliphatic carbocycles. The number of sulfonamides is 1. The van der Waals surface area contributed by atoms with Crippen LogP contribution in [0, 0.1) is 13.8 Å². The average Bonchev–Trinajstić information content (AvgIpc) is 2.62. The van der Waals surface area contributed by atoms with E-state index in [-0.39, 0.29) is 10.5 Å².